The molecule has 0 spiro atoms. The predicted molar refractivity (Wildman–Crippen MR) is 539 cm³/mol. The number of nitrogens with one attached hydrogen (secondary N) is 2. The van der Waals surface area contributed by atoms with Crippen molar-refractivity contribution in [3.05, 3.63) is 144 Å². The number of rotatable bonds is 41. The van der Waals surface area contributed by atoms with E-state index in [0.717, 1.165) is 132 Å². The fourth-order valence-corrected chi connectivity index (χ4v) is 17.2. The number of fused-ring (bicyclic) bond motifs is 2. The predicted octanol–water partition coefficient (Wildman–Crippen LogP) is 14.0. The zero-order valence-corrected chi connectivity index (χ0v) is 86.9. The molecule has 1 heterocycles. The SMILES string of the molecule is C/C=C/C=C/C(=O)SCC[C@H](NC(=O)C(O)/C=C/C(C)O)C(=O)O.C/C=C/C=C/C(=O)SCC[C@H](NC(=O)C(O)C(O)/C=C/C)C(=O)O.CC(C)=CCCC(C)(O)C1CCC(CO)CC1.CC(C)=CCCC(C)(O)C1CCC(CO)CC1.CC(C)=CCC[C@]1(C)C2CCC(CO)(C2)[C@H]1O.CCOC(=O)/C=C/C[C@H](C)OC(=O)C[C@H](C)O.C[C@@H]1C/C=C/C(=O)O[C@H](C)CC(=O)O[C@H](C)C/C=C/C(=O)O1. The molecule has 0 aromatic rings. The molecule has 15 N–H and O–H groups in total. The first-order valence-electron chi connectivity index (χ1n) is 48.3. The van der Waals surface area contributed by atoms with E-state index in [9.17, 15) is 88.5 Å². The summed E-state index contributed by atoms with van der Waals surface area (Å²) < 4.78 is 25.0. The van der Waals surface area contributed by atoms with Gasteiger partial charge in [0.2, 0.25) is 10.2 Å². The Balaban J connectivity index is 0. The van der Waals surface area contributed by atoms with Gasteiger partial charge in [-0.1, -0.05) is 138 Å². The fraction of sp³-hybridized carbons (Fsp3) is 0.667. The van der Waals surface area contributed by atoms with Crippen molar-refractivity contribution >= 4 is 87.4 Å². The number of amides is 2. The number of carboxylic acids is 2. The summed E-state index contributed by atoms with van der Waals surface area (Å²) >= 11 is 1.86. The minimum Gasteiger partial charge on any atom is -0.480 e. The number of aliphatic carboxylic acids is 2. The molecule has 17 atom stereocenters. The minimum absolute atomic E-state index is 0.00136. The van der Waals surface area contributed by atoms with E-state index in [0.29, 0.717) is 68.7 Å². The summed E-state index contributed by atoms with van der Waals surface area (Å²) in [7, 11) is 0. The average molecular weight is 1990 g/mol. The second kappa shape index (κ2) is 73.8. The Hall–Kier alpha value is -8.29. The summed E-state index contributed by atoms with van der Waals surface area (Å²) in [6.07, 6.45) is 43.6. The molecule has 0 aromatic carbocycles. The van der Waals surface area contributed by atoms with Gasteiger partial charge in [-0.3, -0.25) is 28.8 Å². The van der Waals surface area contributed by atoms with E-state index in [4.69, 9.17) is 54.3 Å². The minimum atomic E-state index is -1.76. The lowest BCUT2D eigenvalue weighted by molar-refractivity contribution is -0.154. The highest BCUT2D eigenvalue weighted by atomic mass is 32.2. The molecule has 4 fully saturated rings. The third-order valence-electron chi connectivity index (χ3n) is 23.8. The van der Waals surface area contributed by atoms with Crippen LogP contribution in [0.5, 0.6) is 0 Å². The second-order valence-corrected chi connectivity index (χ2v) is 39.6. The zero-order valence-electron chi connectivity index (χ0n) is 85.3. The van der Waals surface area contributed by atoms with Crippen molar-refractivity contribution in [2.24, 2.45) is 40.4 Å². The molecular weight excluding hydrogens is 1820 g/mol. The molecule has 5 aliphatic rings. The topological polar surface area (TPSA) is 521 Å². The molecule has 33 heteroatoms. The molecule has 786 valence electrons. The molecular formula is C105H170N2O29S2. The van der Waals surface area contributed by atoms with Gasteiger partial charge in [0.1, 0.15) is 42.6 Å². The number of ether oxygens (including phenoxy) is 5. The van der Waals surface area contributed by atoms with Crippen LogP contribution in [0.4, 0.5) is 0 Å². The van der Waals surface area contributed by atoms with Gasteiger partial charge in [-0.2, -0.15) is 0 Å². The number of cyclic esters (lactones) is 3. The third kappa shape index (κ3) is 60.8. The van der Waals surface area contributed by atoms with E-state index in [-0.39, 0.29) is 89.3 Å². The van der Waals surface area contributed by atoms with Crippen LogP contribution in [0.1, 0.15) is 286 Å². The van der Waals surface area contributed by atoms with Gasteiger partial charge in [-0.25, -0.2) is 24.0 Å². The first-order chi connectivity index (χ1) is 64.8. The van der Waals surface area contributed by atoms with E-state index >= 15 is 0 Å². The summed E-state index contributed by atoms with van der Waals surface area (Å²) in [6.45, 7) is 36.7. The van der Waals surface area contributed by atoms with Crippen LogP contribution in [0, 0.1) is 40.4 Å². The molecule has 1 aliphatic heterocycles. The lowest BCUT2D eigenvalue weighted by Crippen LogP contribution is -2.48. The van der Waals surface area contributed by atoms with Crippen molar-refractivity contribution < 1.29 is 143 Å². The Labute approximate surface area is 828 Å². The van der Waals surface area contributed by atoms with Crippen molar-refractivity contribution in [1.82, 2.24) is 10.6 Å². The summed E-state index contributed by atoms with van der Waals surface area (Å²) in [5, 5.41) is 128. The molecule has 4 saturated carbocycles. The smallest absolute Gasteiger partial charge is 0.330 e. The number of hydrogen-bond acceptors (Lipinski definition) is 29. The van der Waals surface area contributed by atoms with Gasteiger partial charge in [-0.15, -0.1) is 0 Å². The molecule has 4 aliphatic carbocycles. The molecule has 2 amide bonds. The van der Waals surface area contributed by atoms with Crippen LogP contribution in [0.25, 0.3) is 0 Å². The molecule has 5 rings (SSSR count). The number of aliphatic hydroxyl groups is 11. The number of aliphatic hydroxyl groups excluding tert-OH is 9. The Morgan fingerprint density at radius 2 is 1.04 bits per heavy atom. The third-order valence-corrected chi connectivity index (χ3v) is 25.5. The number of thioether (sulfide) groups is 2. The molecule has 0 aromatic heterocycles. The number of hydrogen-bond donors (Lipinski definition) is 15. The number of carbonyl (C=O) groups excluding carboxylic acids is 9. The summed E-state index contributed by atoms with van der Waals surface area (Å²) in [6, 6.07) is -2.48. The number of carboxylic acid groups (broad SMARTS) is 2. The number of allylic oxidation sites excluding steroid dienone is 13. The standard InChI is InChI=1S/2C16H23NO6S.C16H22O6.C15H26O2.2C15H28O2.C12H20O5/c1-3-4-5-6-14(20)24-10-9-12(16(22)23)17-15(21)13(19)8-7-11(2)18;1-3-5-6-8-13(19)24-10-9-11(16(22)23)17-15(21)14(20)12(18)7-4-2;1-11-6-4-9-15(18)22-13(3)10-16(19)21-12(2)7-5-8-14(17)20-11;1-11(2)5-4-7-14(3)12-6-8-15(9-12,10-16)13(14)17;2*1-12(2)5-4-10-15(3,17)14-8-6-13(11-16)7-9-14;1-4-16-11(14)7-5-6-10(3)17-12(15)8-9(2)13/h3-8,11-13,18-19H,9-10H2,1-2H3,(H,17,21)(H,22,23);3-8,11-12,14,18,20H,9-10H2,1-2H3,(H,17,21)(H,22,23);4-5,8-9,11-13H,6-7,10H2,1-3H3;5,12-13,16-17H,4,6-10H2,1-3H3;2*5,13-14,16-17H,4,6-11H2,1-3H3;5,7,9-10,13H,4,6,8H2,1-3H3/b4-3+,6-5+,8-7+;5-3+,7-4+,8-6+;8-5+,9-4+;;;;7-5+/t11?,12-,13?;11-,12?,14?;11-,12-,13-;12?,13-,14+,15?;;;9-,10-/m0010..0/s1. The van der Waals surface area contributed by atoms with Crippen LogP contribution in [-0.2, 0) is 76.4 Å². The first kappa shape index (κ1) is 132. The quantitative estimate of drug-likeness (QED) is 0.00888. The zero-order chi connectivity index (χ0) is 105. The number of esters is 5. The highest BCUT2D eigenvalue weighted by Gasteiger charge is 2.62. The van der Waals surface area contributed by atoms with Crippen molar-refractivity contribution in [2.45, 2.75) is 370 Å². The maximum atomic E-state index is 11.7. The molecule has 138 heavy (non-hydrogen) atoms. The summed E-state index contributed by atoms with van der Waals surface area (Å²) in [4.78, 5) is 126. The van der Waals surface area contributed by atoms with Gasteiger partial charge in [-0.05, 0) is 300 Å². The van der Waals surface area contributed by atoms with Crippen LogP contribution in [0.2, 0.25) is 0 Å². The van der Waals surface area contributed by atoms with Gasteiger partial charge in [0, 0.05) is 67.6 Å². The van der Waals surface area contributed by atoms with E-state index < -0.39 is 114 Å². The van der Waals surface area contributed by atoms with E-state index in [2.05, 4.69) is 77.3 Å². The van der Waals surface area contributed by atoms with Crippen molar-refractivity contribution in [3.63, 3.8) is 0 Å². The van der Waals surface area contributed by atoms with E-state index in [1.165, 1.54) is 85.6 Å². The molecule has 8 unspecified atom stereocenters. The lowest BCUT2D eigenvalue weighted by Gasteiger charge is -2.42. The largest absolute Gasteiger partial charge is 0.480 e. The number of carbonyl (C=O) groups is 11. The van der Waals surface area contributed by atoms with Crippen molar-refractivity contribution in [3.8, 4) is 0 Å². The van der Waals surface area contributed by atoms with Crippen LogP contribution in [-0.4, -0.2) is 252 Å². The van der Waals surface area contributed by atoms with Gasteiger partial charge < -0.3 is 101 Å². The fourth-order valence-electron chi connectivity index (χ4n) is 15.7. The second-order valence-electron chi connectivity index (χ2n) is 37.4. The first-order valence-corrected chi connectivity index (χ1v) is 50.3. The van der Waals surface area contributed by atoms with Gasteiger partial charge >= 0.3 is 41.8 Å². The normalized spacial score (nSPS) is 24.7. The van der Waals surface area contributed by atoms with Crippen molar-refractivity contribution in [1.29, 1.82) is 0 Å². The van der Waals surface area contributed by atoms with Crippen LogP contribution in [0.15, 0.2) is 144 Å². The summed E-state index contributed by atoms with van der Waals surface area (Å²) in [5.41, 5.74) is 2.77. The van der Waals surface area contributed by atoms with Gasteiger partial charge in [0.05, 0.1) is 55.6 Å². The molecule has 2 bridgehead atoms. The molecule has 0 saturated heterocycles. The average Bonchev–Trinajstić information content (AvgIpc) is 1.56. The van der Waals surface area contributed by atoms with Crippen LogP contribution >= 0.6 is 23.5 Å². The summed E-state index contributed by atoms with van der Waals surface area (Å²) in [5.74, 6) is -3.97. The lowest BCUT2D eigenvalue weighted by atomic mass is 9.66. The van der Waals surface area contributed by atoms with Crippen LogP contribution in [0.3, 0.4) is 0 Å². The van der Waals surface area contributed by atoms with E-state index in [1.807, 2.05) is 27.7 Å². The van der Waals surface area contributed by atoms with Crippen LogP contribution < -0.4 is 10.6 Å². The molecule has 0 radical (unpaired) electrons. The Kier molecular flexibility index (Phi) is 70.4. The highest BCUT2D eigenvalue weighted by molar-refractivity contribution is 8.14. The maximum absolute atomic E-state index is 11.7. The van der Waals surface area contributed by atoms with Gasteiger partial charge in [0.25, 0.3) is 11.8 Å². The van der Waals surface area contributed by atoms with E-state index in [1.54, 1.807) is 96.2 Å². The van der Waals surface area contributed by atoms with Crippen molar-refractivity contribution in [2.75, 3.05) is 37.9 Å². The monoisotopic (exact) mass is 1990 g/mol. The Morgan fingerprint density at radius 3 is 1.45 bits per heavy atom. The Bertz CT molecular complexity index is 3900. The highest BCUT2D eigenvalue weighted by Crippen LogP contribution is 2.64. The Morgan fingerprint density at radius 1 is 0.594 bits per heavy atom. The molecule has 31 nitrogen and oxygen atoms in total. The maximum Gasteiger partial charge on any atom is 0.330 e. The van der Waals surface area contributed by atoms with Gasteiger partial charge in [0.15, 0.2) is 12.2 Å².